The van der Waals surface area contributed by atoms with Crippen LogP contribution in [0.4, 0.5) is 26.3 Å². The summed E-state index contributed by atoms with van der Waals surface area (Å²) in [5.41, 5.74) is -0.940. The molecule has 0 atom stereocenters. The zero-order chi connectivity index (χ0) is 19.1. The number of halogens is 6. The first-order valence-corrected chi connectivity index (χ1v) is 8.10. The number of aliphatic imine (C=N–C) groups is 1. The van der Waals surface area contributed by atoms with Gasteiger partial charge in [-0.05, 0) is 20.0 Å². The molecule has 0 amide bonds. The first-order valence-electron chi connectivity index (χ1n) is 7.22. The van der Waals surface area contributed by atoms with Gasteiger partial charge < -0.3 is 10.6 Å². The van der Waals surface area contributed by atoms with Crippen molar-refractivity contribution >= 4 is 17.3 Å². The molecule has 0 fully saturated rings. The molecular weight excluding hydrogens is 372 g/mol. The summed E-state index contributed by atoms with van der Waals surface area (Å²) in [5, 5.41) is 6.87. The van der Waals surface area contributed by atoms with Crippen molar-refractivity contribution in [1.29, 1.82) is 0 Å². The minimum absolute atomic E-state index is 0.0639. The van der Waals surface area contributed by atoms with Gasteiger partial charge in [-0.1, -0.05) is 0 Å². The van der Waals surface area contributed by atoms with Crippen molar-refractivity contribution in [3.8, 4) is 0 Å². The molecule has 0 aliphatic carbocycles. The van der Waals surface area contributed by atoms with E-state index in [1.165, 1.54) is 14.1 Å². The molecule has 1 heterocycles. The lowest BCUT2D eigenvalue weighted by atomic mass is 10.4. The third-order valence-corrected chi connectivity index (χ3v) is 3.78. The number of alkyl halides is 6. The number of guanidine groups is 1. The summed E-state index contributed by atoms with van der Waals surface area (Å²) in [7, 11) is 2.86. The summed E-state index contributed by atoms with van der Waals surface area (Å²) >= 11 is 0.877. The highest BCUT2D eigenvalue weighted by atomic mass is 32.1. The second-order valence-electron chi connectivity index (χ2n) is 5.18. The van der Waals surface area contributed by atoms with Crippen LogP contribution in [0.3, 0.4) is 0 Å². The van der Waals surface area contributed by atoms with E-state index in [2.05, 4.69) is 20.6 Å². The molecule has 0 radical (unpaired) electrons. The van der Waals surface area contributed by atoms with Crippen molar-refractivity contribution in [2.75, 3.05) is 33.7 Å². The lowest BCUT2D eigenvalue weighted by Crippen LogP contribution is -2.39. The third kappa shape index (κ3) is 8.91. The molecule has 0 unspecified atom stereocenters. The highest BCUT2D eigenvalue weighted by Crippen LogP contribution is 2.29. The number of nitrogens with zero attached hydrogens (tertiary/aromatic N) is 3. The molecule has 1 aromatic rings. The first kappa shape index (κ1) is 21.5. The normalized spacial score (nSPS) is 13.4. The van der Waals surface area contributed by atoms with Gasteiger partial charge in [0.25, 0.3) is 0 Å². The quantitative estimate of drug-likeness (QED) is 0.325. The topological polar surface area (TPSA) is 52.6 Å². The van der Waals surface area contributed by atoms with Crippen LogP contribution in [-0.2, 0) is 12.7 Å². The fraction of sp³-hybridized carbons (Fsp3) is 0.692. The zero-order valence-electron chi connectivity index (χ0n) is 13.6. The molecule has 0 saturated carbocycles. The second kappa shape index (κ2) is 9.22. The van der Waals surface area contributed by atoms with Crippen molar-refractivity contribution in [2.45, 2.75) is 25.3 Å². The van der Waals surface area contributed by atoms with Crippen LogP contribution in [0.2, 0.25) is 0 Å². The highest BCUT2D eigenvalue weighted by molar-refractivity contribution is 7.09. The maximum Gasteiger partial charge on any atom is 0.434 e. The largest absolute Gasteiger partial charge is 0.434 e. The Balaban J connectivity index is 2.30. The van der Waals surface area contributed by atoms with E-state index in [4.69, 9.17) is 0 Å². The van der Waals surface area contributed by atoms with Gasteiger partial charge in [-0.3, -0.25) is 9.89 Å². The Hall–Kier alpha value is -1.56. The van der Waals surface area contributed by atoms with E-state index in [9.17, 15) is 26.3 Å². The van der Waals surface area contributed by atoms with Crippen LogP contribution in [0.5, 0.6) is 0 Å². The van der Waals surface area contributed by atoms with Gasteiger partial charge in [0.2, 0.25) is 0 Å². The molecule has 0 spiro atoms. The third-order valence-electron chi connectivity index (χ3n) is 2.93. The van der Waals surface area contributed by atoms with Crippen LogP contribution in [0, 0.1) is 0 Å². The number of aromatic nitrogens is 1. The van der Waals surface area contributed by atoms with Gasteiger partial charge in [0.05, 0.1) is 13.1 Å². The van der Waals surface area contributed by atoms with Gasteiger partial charge in [0.1, 0.15) is 5.01 Å². The Morgan fingerprint density at radius 3 is 2.44 bits per heavy atom. The summed E-state index contributed by atoms with van der Waals surface area (Å²) < 4.78 is 73.9. The van der Waals surface area contributed by atoms with Gasteiger partial charge >= 0.3 is 12.4 Å². The van der Waals surface area contributed by atoms with E-state index in [1.54, 1.807) is 0 Å². The SMILES string of the molecule is CN=C(NCCCN(C)CC(F)(F)F)NCc1nc(C(F)(F)F)cs1. The molecule has 0 aromatic carbocycles. The Morgan fingerprint density at radius 1 is 1.24 bits per heavy atom. The predicted octanol–water partition coefficient (Wildman–Crippen LogP) is 2.71. The van der Waals surface area contributed by atoms with Crippen LogP contribution >= 0.6 is 11.3 Å². The van der Waals surface area contributed by atoms with Crippen molar-refractivity contribution < 1.29 is 26.3 Å². The Bertz CT molecular complexity index is 554. The number of hydrogen-bond donors (Lipinski definition) is 2. The van der Waals surface area contributed by atoms with Gasteiger partial charge in [0.15, 0.2) is 11.7 Å². The van der Waals surface area contributed by atoms with Gasteiger partial charge in [-0.2, -0.15) is 26.3 Å². The smallest absolute Gasteiger partial charge is 0.356 e. The number of hydrogen-bond acceptors (Lipinski definition) is 4. The van der Waals surface area contributed by atoms with E-state index >= 15 is 0 Å². The Morgan fingerprint density at radius 2 is 1.92 bits per heavy atom. The molecular formula is C13H19F6N5S. The number of thiazole rings is 1. The zero-order valence-corrected chi connectivity index (χ0v) is 14.4. The average Bonchev–Trinajstić information content (AvgIpc) is 2.93. The molecule has 1 aromatic heterocycles. The van der Waals surface area contributed by atoms with E-state index < -0.39 is 24.6 Å². The molecule has 144 valence electrons. The van der Waals surface area contributed by atoms with Crippen LogP contribution < -0.4 is 10.6 Å². The summed E-state index contributed by atoms with van der Waals surface area (Å²) in [6.45, 7) is -0.307. The molecule has 0 saturated heterocycles. The number of nitrogens with one attached hydrogen (secondary N) is 2. The molecule has 2 N–H and O–H groups in total. The van der Waals surface area contributed by atoms with Gasteiger partial charge in [-0.15, -0.1) is 11.3 Å². The highest BCUT2D eigenvalue weighted by Gasteiger charge is 2.33. The maximum absolute atomic E-state index is 12.5. The summed E-state index contributed by atoms with van der Waals surface area (Å²) in [4.78, 5) is 8.53. The molecule has 0 aliphatic rings. The summed E-state index contributed by atoms with van der Waals surface area (Å²) in [5.74, 6) is 0.335. The monoisotopic (exact) mass is 391 g/mol. The number of rotatable bonds is 7. The van der Waals surface area contributed by atoms with Crippen molar-refractivity contribution in [2.24, 2.45) is 4.99 Å². The van der Waals surface area contributed by atoms with E-state index in [0.29, 0.717) is 18.9 Å². The lowest BCUT2D eigenvalue weighted by Gasteiger charge is -2.18. The van der Waals surface area contributed by atoms with Crippen LogP contribution in [0.25, 0.3) is 0 Å². The van der Waals surface area contributed by atoms with Crippen molar-refractivity contribution in [3.63, 3.8) is 0 Å². The summed E-state index contributed by atoms with van der Waals surface area (Å²) in [6, 6.07) is 0. The molecule has 0 bridgehead atoms. The van der Waals surface area contributed by atoms with Crippen molar-refractivity contribution in [3.05, 3.63) is 16.1 Å². The first-order chi connectivity index (χ1) is 11.5. The lowest BCUT2D eigenvalue weighted by molar-refractivity contribution is -0.143. The maximum atomic E-state index is 12.5. The minimum Gasteiger partial charge on any atom is -0.356 e. The fourth-order valence-electron chi connectivity index (χ4n) is 1.84. The standard InChI is InChI=1S/C13H19F6N5S/c1-20-11(21-4-3-5-24(2)8-12(14,15)16)22-6-10-23-9(7-25-10)13(17,18)19/h7H,3-6,8H2,1-2H3,(H2,20,21,22). The van der Waals surface area contributed by atoms with Gasteiger partial charge in [-0.25, -0.2) is 4.98 Å². The minimum atomic E-state index is -4.48. The Labute approximate surface area is 145 Å². The Kier molecular flexibility index (Phi) is 7.93. The summed E-state index contributed by atoms with van der Waals surface area (Å²) in [6.07, 6.45) is -8.26. The second-order valence-corrected chi connectivity index (χ2v) is 6.13. The molecule has 25 heavy (non-hydrogen) atoms. The van der Waals surface area contributed by atoms with Crippen LogP contribution in [-0.4, -0.2) is 55.7 Å². The van der Waals surface area contributed by atoms with E-state index in [0.717, 1.165) is 21.6 Å². The fourth-order valence-corrected chi connectivity index (χ4v) is 2.58. The van der Waals surface area contributed by atoms with E-state index in [-0.39, 0.29) is 18.1 Å². The molecule has 1 rings (SSSR count). The predicted molar refractivity (Wildman–Crippen MR) is 83.5 cm³/mol. The van der Waals surface area contributed by atoms with Crippen molar-refractivity contribution in [1.82, 2.24) is 20.5 Å². The van der Waals surface area contributed by atoms with Crippen LogP contribution in [0.15, 0.2) is 10.4 Å². The molecule has 12 heteroatoms. The molecule has 0 aliphatic heterocycles. The average molecular weight is 391 g/mol. The molecule has 5 nitrogen and oxygen atoms in total. The van der Waals surface area contributed by atoms with Gasteiger partial charge in [0, 0.05) is 19.0 Å². The van der Waals surface area contributed by atoms with Crippen LogP contribution in [0.1, 0.15) is 17.1 Å². The van der Waals surface area contributed by atoms with E-state index in [1.807, 2.05) is 0 Å².